The number of aliphatic carboxylic acids is 2. The molecule has 110 valence electrons. The number of benzene rings is 1. The van der Waals surface area contributed by atoms with E-state index in [-0.39, 0.29) is 12.8 Å². The van der Waals surface area contributed by atoms with Crippen molar-refractivity contribution in [2.75, 3.05) is 6.54 Å². The van der Waals surface area contributed by atoms with Gasteiger partial charge in [0.05, 0.1) is 5.69 Å². The largest absolute Gasteiger partial charge is 0.481 e. The van der Waals surface area contributed by atoms with Gasteiger partial charge in [-0.05, 0) is 24.5 Å². The van der Waals surface area contributed by atoms with Gasteiger partial charge < -0.3 is 15.2 Å². The van der Waals surface area contributed by atoms with Crippen LogP contribution < -0.4 is 5.32 Å². The number of carboxylic acids is 2. The van der Waals surface area contributed by atoms with Crippen molar-refractivity contribution in [3.8, 4) is 0 Å². The molecule has 0 saturated heterocycles. The van der Waals surface area contributed by atoms with Crippen LogP contribution in [0.3, 0.4) is 0 Å². The Kier molecular flexibility index (Phi) is 3.17. The number of hydrogen-bond acceptors (Lipinski definition) is 3. The molecule has 2 aromatic rings. The van der Waals surface area contributed by atoms with E-state index in [0.29, 0.717) is 12.2 Å². The average molecular weight is 288 g/mol. The fraction of sp³-hybridized carbons (Fsp3) is 0.333. The van der Waals surface area contributed by atoms with E-state index in [4.69, 9.17) is 5.11 Å². The summed E-state index contributed by atoms with van der Waals surface area (Å²) < 4.78 is 0. The second-order valence-corrected chi connectivity index (χ2v) is 5.31. The van der Waals surface area contributed by atoms with E-state index in [2.05, 4.69) is 10.3 Å². The molecular weight excluding hydrogens is 272 g/mol. The molecule has 6 nitrogen and oxygen atoms in total. The first-order valence-corrected chi connectivity index (χ1v) is 6.85. The Balaban J connectivity index is 2.16. The number of aromatic nitrogens is 1. The molecule has 21 heavy (non-hydrogen) atoms. The number of rotatable bonds is 4. The van der Waals surface area contributed by atoms with Crippen molar-refractivity contribution in [3.63, 3.8) is 0 Å². The number of para-hydroxylation sites is 1. The Morgan fingerprint density at radius 1 is 1.24 bits per heavy atom. The van der Waals surface area contributed by atoms with Gasteiger partial charge in [-0.3, -0.25) is 10.1 Å². The van der Waals surface area contributed by atoms with Crippen LogP contribution in [-0.2, 0) is 21.5 Å². The smallest absolute Gasteiger partial charge is 0.330 e. The van der Waals surface area contributed by atoms with E-state index in [9.17, 15) is 14.7 Å². The molecule has 0 bridgehead atoms. The molecule has 1 aliphatic heterocycles. The number of hydrogen-bond donors (Lipinski definition) is 4. The Labute approximate surface area is 120 Å². The molecule has 1 atom stereocenters. The maximum atomic E-state index is 11.9. The van der Waals surface area contributed by atoms with Gasteiger partial charge in [0.15, 0.2) is 5.54 Å². The van der Waals surface area contributed by atoms with Crippen LogP contribution in [0.5, 0.6) is 0 Å². The molecule has 0 fully saturated rings. The minimum absolute atomic E-state index is 0.0114. The van der Waals surface area contributed by atoms with E-state index in [1.165, 1.54) is 0 Å². The second kappa shape index (κ2) is 4.89. The van der Waals surface area contributed by atoms with Gasteiger partial charge in [0.2, 0.25) is 0 Å². The summed E-state index contributed by atoms with van der Waals surface area (Å²) in [4.78, 5) is 25.9. The topological polar surface area (TPSA) is 102 Å². The summed E-state index contributed by atoms with van der Waals surface area (Å²) >= 11 is 0. The number of carbonyl (C=O) groups is 2. The van der Waals surface area contributed by atoms with Crippen molar-refractivity contribution in [1.29, 1.82) is 0 Å². The number of aromatic amines is 1. The average Bonchev–Trinajstić information content (AvgIpc) is 2.84. The summed E-state index contributed by atoms with van der Waals surface area (Å²) in [6, 6.07) is 7.66. The van der Waals surface area contributed by atoms with E-state index >= 15 is 0 Å². The predicted molar refractivity (Wildman–Crippen MR) is 76.2 cm³/mol. The van der Waals surface area contributed by atoms with E-state index < -0.39 is 17.5 Å². The predicted octanol–water partition coefficient (Wildman–Crippen LogP) is 1.46. The minimum atomic E-state index is -1.36. The molecule has 0 spiro atoms. The van der Waals surface area contributed by atoms with Crippen LogP contribution in [0.2, 0.25) is 0 Å². The van der Waals surface area contributed by atoms with E-state index in [0.717, 1.165) is 22.9 Å². The molecule has 3 rings (SSSR count). The summed E-state index contributed by atoms with van der Waals surface area (Å²) in [5, 5.41) is 22.6. The lowest BCUT2D eigenvalue weighted by Crippen LogP contribution is -2.53. The highest BCUT2D eigenvalue weighted by Crippen LogP contribution is 2.36. The van der Waals surface area contributed by atoms with Gasteiger partial charge in [-0.25, -0.2) is 4.79 Å². The molecule has 4 N–H and O–H groups in total. The normalized spacial score (nSPS) is 21.1. The first-order valence-electron chi connectivity index (χ1n) is 6.85. The number of carboxylic acid groups (broad SMARTS) is 2. The Morgan fingerprint density at radius 3 is 2.71 bits per heavy atom. The Bertz CT molecular complexity index is 722. The van der Waals surface area contributed by atoms with Crippen molar-refractivity contribution in [1.82, 2.24) is 10.3 Å². The standard InChI is InChI=1S/C15H16N2O4/c18-12(19)5-7-15(14(20)21)13-10(6-8-16-15)9-3-1-2-4-11(9)17-13/h1-4,16-17H,5-8H2,(H,18,19)(H,20,21)/t15-/m1/s1. The number of H-pyrrole nitrogens is 1. The summed E-state index contributed by atoms with van der Waals surface area (Å²) in [7, 11) is 0. The van der Waals surface area contributed by atoms with Crippen molar-refractivity contribution in [2.24, 2.45) is 0 Å². The highest BCUT2D eigenvalue weighted by atomic mass is 16.4. The highest BCUT2D eigenvalue weighted by Gasteiger charge is 2.45. The molecule has 6 heteroatoms. The lowest BCUT2D eigenvalue weighted by Gasteiger charge is -2.34. The van der Waals surface area contributed by atoms with Crippen LogP contribution in [0.4, 0.5) is 0 Å². The van der Waals surface area contributed by atoms with Crippen molar-refractivity contribution in [2.45, 2.75) is 24.8 Å². The van der Waals surface area contributed by atoms with Crippen LogP contribution in [0.1, 0.15) is 24.1 Å². The van der Waals surface area contributed by atoms with Gasteiger partial charge in [0.25, 0.3) is 0 Å². The van der Waals surface area contributed by atoms with Gasteiger partial charge in [-0.2, -0.15) is 0 Å². The van der Waals surface area contributed by atoms with Crippen molar-refractivity contribution in [3.05, 3.63) is 35.5 Å². The van der Waals surface area contributed by atoms with Crippen molar-refractivity contribution < 1.29 is 19.8 Å². The molecule has 0 radical (unpaired) electrons. The summed E-state index contributed by atoms with van der Waals surface area (Å²) in [5.74, 6) is -2.04. The van der Waals surface area contributed by atoms with Crippen LogP contribution in [0.15, 0.2) is 24.3 Å². The van der Waals surface area contributed by atoms with E-state index in [1.807, 2.05) is 24.3 Å². The van der Waals surface area contributed by atoms with Crippen molar-refractivity contribution >= 4 is 22.8 Å². The zero-order valence-electron chi connectivity index (χ0n) is 11.3. The van der Waals surface area contributed by atoms with Gasteiger partial charge in [0, 0.05) is 23.9 Å². The molecule has 1 aromatic carbocycles. The summed E-state index contributed by atoms with van der Waals surface area (Å²) in [6.45, 7) is 0.515. The third-order valence-corrected chi connectivity index (χ3v) is 4.12. The molecule has 1 aromatic heterocycles. The van der Waals surface area contributed by atoms with Crippen LogP contribution in [-0.4, -0.2) is 33.7 Å². The molecule has 2 heterocycles. The van der Waals surface area contributed by atoms with Gasteiger partial charge in [0.1, 0.15) is 0 Å². The Morgan fingerprint density at radius 2 is 2.00 bits per heavy atom. The van der Waals surface area contributed by atoms with Gasteiger partial charge in [-0.15, -0.1) is 0 Å². The Hall–Kier alpha value is -2.34. The first-order chi connectivity index (χ1) is 10.0. The monoisotopic (exact) mass is 288 g/mol. The van der Waals surface area contributed by atoms with Crippen LogP contribution in [0, 0.1) is 0 Å². The lowest BCUT2D eigenvalue weighted by atomic mass is 9.83. The minimum Gasteiger partial charge on any atom is -0.481 e. The third kappa shape index (κ3) is 2.08. The number of nitrogens with one attached hydrogen (secondary N) is 2. The van der Waals surface area contributed by atoms with Crippen LogP contribution >= 0.6 is 0 Å². The maximum absolute atomic E-state index is 11.9. The summed E-state index contributed by atoms with van der Waals surface area (Å²) in [6.07, 6.45) is 0.535. The van der Waals surface area contributed by atoms with Gasteiger partial charge in [-0.1, -0.05) is 18.2 Å². The fourth-order valence-electron chi connectivity index (χ4n) is 3.11. The summed E-state index contributed by atoms with van der Waals surface area (Å²) in [5.41, 5.74) is 1.08. The maximum Gasteiger partial charge on any atom is 0.330 e. The molecule has 0 saturated carbocycles. The zero-order valence-corrected chi connectivity index (χ0v) is 11.3. The first kappa shape index (κ1) is 13.6. The van der Waals surface area contributed by atoms with Gasteiger partial charge >= 0.3 is 11.9 Å². The second-order valence-electron chi connectivity index (χ2n) is 5.31. The molecule has 1 aliphatic rings. The third-order valence-electron chi connectivity index (χ3n) is 4.12. The quantitative estimate of drug-likeness (QED) is 0.682. The van der Waals surface area contributed by atoms with Crippen LogP contribution in [0.25, 0.3) is 10.9 Å². The highest BCUT2D eigenvalue weighted by molar-refractivity contribution is 5.90. The number of fused-ring (bicyclic) bond motifs is 3. The fourth-order valence-corrected chi connectivity index (χ4v) is 3.11. The molecular formula is C15H16N2O4. The molecule has 0 amide bonds. The zero-order chi connectivity index (χ0) is 15.0. The molecule has 0 unspecified atom stereocenters. The molecule has 0 aliphatic carbocycles. The van der Waals surface area contributed by atoms with E-state index in [1.54, 1.807) is 0 Å². The lowest BCUT2D eigenvalue weighted by molar-refractivity contribution is -0.147. The SMILES string of the molecule is O=C(O)CC[C@@]1(C(=O)O)NCCc2c1[nH]c1ccccc21.